The molecule has 2 aromatic carbocycles. The molecule has 0 aromatic heterocycles. The molecule has 5 nitrogen and oxygen atoms in total. The third kappa shape index (κ3) is 7.72. The van der Waals surface area contributed by atoms with Crippen molar-refractivity contribution in [3.05, 3.63) is 60.2 Å². The maximum atomic E-state index is 11.6. The van der Waals surface area contributed by atoms with E-state index in [1.54, 1.807) is 7.11 Å². The Morgan fingerprint density at radius 1 is 1.00 bits per heavy atom. The summed E-state index contributed by atoms with van der Waals surface area (Å²) < 4.78 is 10.6. The van der Waals surface area contributed by atoms with Crippen LogP contribution in [0.4, 0.5) is 5.69 Å². The maximum Gasteiger partial charge on any atom is 0.239 e. The lowest BCUT2D eigenvalue weighted by atomic mass is 10.1. The Balaban J connectivity index is 1.63. The number of nitrogens with one attached hydrogen (secondary N) is 2. The van der Waals surface area contributed by atoms with Crippen molar-refractivity contribution in [3.8, 4) is 5.75 Å². The van der Waals surface area contributed by atoms with Crippen LogP contribution in [-0.4, -0.2) is 39.3 Å². The summed E-state index contributed by atoms with van der Waals surface area (Å²) in [5.41, 5.74) is 2.22. The number of aryl methyl sites for hydroxylation is 1. The lowest BCUT2D eigenvalue weighted by Gasteiger charge is -2.09. The highest BCUT2D eigenvalue weighted by molar-refractivity contribution is 5.80. The molecule has 5 heteroatoms. The number of amides is 1. The first-order chi connectivity index (χ1) is 12.3. The summed E-state index contributed by atoms with van der Waals surface area (Å²) in [6.45, 7) is 1.96. The zero-order chi connectivity index (χ0) is 17.7. The Labute approximate surface area is 149 Å². The third-order valence-electron chi connectivity index (χ3n) is 3.66. The normalized spacial score (nSPS) is 10.3. The van der Waals surface area contributed by atoms with Gasteiger partial charge in [0.1, 0.15) is 5.75 Å². The van der Waals surface area contributed by atoms with Gasteiger partial charge in [0.2, 0.25) is 5.91 Å². The summed E-state index contributed by atoms with van der Waals surface area (Å²) in [5, 5.41) is 5.84. The Hall–Kier alpha value is -2.53. The predicted molar refractivity (Wildman–Crippen MR) is 100 cm³/mol. The topological polar surface area (TPSA) is 59.6 Å². The third-order valence-corrected chi connectivity index (χ3v) is 3.66. The molecular formula is C20H26N2O3. The number of anilines is 1. The van der Waals surface area contributed by atoms with Gasteiger partial charge >= 0.3 is 0 Å². The van der Waals surface area contributed by atoms with Crippen LogP contribution in [0.5, 0.6) is 5.75 Å². The molecular weight excluding hydrogens is 316 g/mol. The second kappa shape index (κ2) is 11.1. The van der Waals surface area contributed by atoms with Gasteiger partial charge in [-0.1, -0.05) is 30.3 Å². The summed E-state index contributed by atoms with van der Waals surface area (Å²) in [7, 11) is 1.61. The highest BCUT2D eigenvalue weighted by Gasteiger charge is 2.01. The minimum Gasteiger partial charge on any atom is -0.494 e. The van der Waals surface area contributed by atoms with Crippen molar-refractivity contribution in [2.75, 3.05) is 38.7 Å². The van der Waals surface area contributed by atoms with E-state index in [0.29, 0.717) is 19.8 Å². The van der Waals surface area contributed by atoms with Crippen LogP contribution in [0.2, 0.25) is 0 Å². The van der Waals surface area contributed by atoms with E-state index in [2.05, 4.69) is 34.9 Å². The van der Waals surface area contributed by atoms with Crippen LogP contribution in [0.3, 0.4) is 0 Å². The quantitative estimate of drug-likeness (QED) is 0.617. The van der Waals surface area contributed by atoms with Crippen LogP contribution >= 0.6 is 0 Å². The van der Waals surface area contributed by atoms with Crippen LogP contribution < -0.4 is 15.4 Å². The zero-order valence-corrected chi connectivity index (χ0v) is 14.7. The van der Waals surface area contributed by atoms with E-state index in [-0.39, 0.29) is 12.5 Å². The van der Waals surface area contributed by atoms with Crippen LogP contribution in [0.15, 0.2) is 54.6 Å². The predicted octanol–water partition coefficient (Wildman–Crippen LogP) is 2.87. The molecule has 0 bridgehead atoms. The molecule has 0 spiro atoms. The van der Waals surface area contributed by atoms with Gasteiger partial charge in [0.15, 0.2) is 0 Å². The van der Waals surface area contributed by atoms with Gasteiger partial charge in [-0.15, -0.1) is 0 Å². The SMILES string of the molecule is COCCNC(=O)CNc1ccc(OCCCc2ccccc2)cc1. The fourth-order valence-electron chi connectivity index (χ4n) is 2.32. The number of methoxy groups -OCH3 is 1. The van der Waals surface area contributed by atoms with E-state index in [0.717, 1.165) is 24.3 Å². The molecule has 2 rings (SSSR count). The fraction of sp³-hybridized carbons (Fsp3) is 0.350. The number of benzene rings is 2. The van der Waals surface area contributed by atoms with Crippen LogP contribution in [0.1, 0.15) is 12.0 Å². The average Bonchev–Trinajstić information content (AvgIpc) is 2.65. The van der Waals surface area contributed by atoms with E-state index in [1.165, 1.54) is 5.56 Å². The van der Waals surface area contributed by atoms with E-state index in [1.807, 2.05) is 30.3 Å². The van der Waals surface area contributed by atoms with E-state index < -0.39 is 0 Å². The Morgan fingerprint density at radius 2 is 1.76 bits per heavy atom. The molecule has 0 saturated carbocycles. The average molecular weight is 342 g/mol. The minimum absolute atomic E-state index is 0.0571. The molecule has 0 radical (unpaired) electrons. The minimum atomic E-state index is -0.0571. The van der Waals surface area contributed by atoms with Gasteiger partial charge in [-0.25, -0.2) is 0 Å². The van der Waals surface area contributed by atoms with Crippen molar-refractivity contribution in [1.82, 2.24) is 5.32 Å². The van der Waals surface area contributed by atoms with Gasteiger partial charge in [0.25, 0.3) is 0 Å². The maximum absolute atomic E-state index is 11.6. The lowest BCUT2D eigenvalue weighted by Crippen LogP contribution is -2.32. The van der Waals surface area contributed by atoms with Gasteiger partial charge in [0.05, 0.1) is 19.8 Å². The highest BCUT2D eigenvalue weighted by atomic mass is 16.5. The van der Waals surface area contributed by atoms with Gasteiger partial charge in [-0.3, -0.25) is 4.79 Å². The molecule has 0 aliphatic heterocycles. The van der Waals surface area contributed by atoms with Crippen molar-refractivity contribution in [2.24, 2.45) is 0 Å². The van der Waals surface area contributed by atoms with E-state index >= 15 is 0 Å². The summed E-state index contributed by atoms with van der Waals surface area (Å²) in [6.07, 6.45) is 1.99. The van der Waals surface area contributed by atoms with Crippen LogP contribution in [0.25, 0.3) is 0 Å². The smallest absolute Gasteiger partial charge is 0.239 e. The molecule has 2 aromatic rings. The molecule has 0 aliphatic carbocycles. The number of carbonyl (C=O) groups excluding carboxylic acids is 1. The molecule has 1 amide bonds. The Morgan fingerprint density at radius 3 is 2.48 bits per heavy atom. The largest absolute Gasteiger partial charge is 0.494 e. The summed E-state index contributed by atoms with van der Waals surface area (Å²) >= 11 is 0. The number of hydrogen-bond acceptors (Lipinski definition) is 4. The molecule has 0 atom stereocenters. The molecule has 134 valence electrons. The number of hydrogen-bond donors (Lipinski definition) is 2. The molecule has 0 aliphatic rings. The highest BCUT2D eigenvalue weighted by Crippen LogP contribution is 2.16. The van der Waals surface area contributed by atoms with Gasteiger partial charge in [-0.2, -0.15) is 0 Å². The first kappa shape index (κ1) is 18.8. The summed E-state index contributed by atoms with van der Waals surface area (Å²) in [5.74, 6) is 0.779. The zero-order valence-electron chi connectivity index (χ0n) is 14.7. The Bertz CT molecular complexity index is 615. The first-order valence-electron chi connectivity index (χ1n) is 8.54. The number of ether oxygens (including phenoxy) is 2. The Kier molecular flexibility index (Phi) is 8.35. The van der Waals surface area contributed by atoms with Crippen molar-refractivity contribution < 1.29 is 14.3 Å². The number of carbonyl (C=O) groups is 1. The van der Waals surface area contributed by atoms with Gasteiger partial charge in [0, 0.05) is 19.3 Å². The molecule has 0 fully saturated rings. The lowest BCUT2D eigenvalue weighted by molar-refractivity contribution is -0.119. The molecule has 25 heavy (non-hydrogen) atoms. The van der Waals surface area contributed by atoms with Crippen molar-refractivity contribution in [1.29, 1.82) is 0 Å². The van der Waals surface area contributed by atoms with Crippen molar-refractivity contribution in [2.45, 2.75) is 12.8 Å². The van der Waals surface area contributed by atoms with Gasteiger partial charge in [-0.05, 0) is 42.7 Å². The number of rotatable bonds is 11. The van der Waals surface area contributed by atoms with E-state index in [9.17, 15) is 4.79 Å². The second-order valence-corrected chi connectivity index (χ2v) is 5.66. The van der Waals surface area contributed by atoms with Crippen LogP contribution in [-0.2, 0) is 16.0 Å². The first-order valence-corrected chi connectivity index (χ1v) is 8.54. The van der Waals surface area contributed by atoms with E-state index in [4.69, 9.17) is 9.47 Å². The molecule has 0 saturated heterocycles. The fourth-order valence-corrected chi connectivity index (χ4v) is 2.32. The van der Waals surface area contributed by atoms with Crippen molar-refractivity contribution in [3.63, 3.8) is 0 Å². The molecule has 0 unspecified atom stereocenters. The van der Waals surface area contributed by atoms with Crippen LogP contribution in [0, 0.1) is 0 Å². The van der Waals surface area contributed by atoms with Crippen molar-refractivity contribution >= 4 is 11.6 Å². The molecule has 2 N–H and O–H groups in total. The summed E-state index contributed by atoms with van der Waals surface area (Å²) in [4.78, 5) is 11.6. The summed E-state index contributed by atoms with van der Waals surface area (Å²) in [6, 6.07) is 18.0. The van der Waals surface area contributed by atoms with Gasteiger partial charge < -0.3 is 20.1 Å². The molecule has 0 heterocycles. The standard InChI is InChI=1S/C20H26N2O3/c1-24-15-13-21-20(23)16-22-18-9-11-19(12-10-18)25-14-5-8-17-6-3-2-4-7-17/h2-4,6-7,9-12,22H,5,8,13-16H2,1H3,(H,21,23). The second-order valence-electron chi connectivity index (χ2n) is 5.66. The monoisotopic (exact) mass is 342 g/mol.